The molecule has 0 saturated heterocycles. The number of nitrogens with one attached hydrogen (secondary N) is 1. The van der Waals surface area contributed by atoms with Crippen LogP contribution < -0.4 is 10.1 Å². The van der Waals surface area contributed by atoms with Gasteiger partial charge in [0.15, 0.2) is 0 Å². The molecule has 0 fully saturated rings. The number of amides is 1. The van der Waals surface area contributed by atoms with Crippen LogP contribution in [0.4, 0.5) is 10.5 Å². The predicted molar refractivity (Wildman–Crippen MR) is 104 cm³/mol. The van der Waals surface area contributed by atoms with Gasteiger partial charge in [-0.3, -0.25) is 5.32 Å². The maximum absolute atomic E-state index is 12.4. The summed E-state index contributed by atoms with van der Waals surface area (Å²) >= 11 is 0. The third-order valence-electron chi connectivity index (χ3n) is 4.16. The Morgan fingerprint density at radius 1 is 1.11 bits per heavy atom. The average molecular weight is 384 g/mol. The number of aliphatic hydroxyl groups excluding tert-OH is 2. The lowest BCUT2D eigenvalue weighted by atomic mass is 9.94. The molecule has 0 heterocycles. The lowest BCUT2D eigenvalue weighted by Gasteiger charge is -2.24. The van der Waals surface area contributed by atoms with Gasteiger partial charge in [-0.2, -0.15) is 5.26 Å². The first-order valence-electron chi connectivity index (χ1n) is 8.99. The molecule has 148 valence electrons. The van der Waals surface area contributed by atoms with Crippen LogP contribution >= 0.6 is 0 Å². The van der Waals surface area contributed by atoms with Gasteiger partial charge in [0, 0.05) is 12.3 Å². The predicted octanol–water partition coefficient (Wildman–Crippen LogP) is 3.24. The molecule has 0 aliphatic carbocycles. The Kier molecular flexibility index (Phi) is 8.28. The highest BCUT2D eigenvalue weighted by atomic mass is 16.6. The second-order valence-electron chi connectivity index (χ2n) is 6.27. The summed E-state index contributed by atoms with van der Waals surface area (Å²) < 4.78 is 11.0. The zero-order valence-corrected chi connectivity index (χ0v) is 15.7. The number of rotatable bonds is 9. The number of hydrogen-bond donors (Lipinski definition) is 3. The van der Waals surface area contributed by atoms with E-state index in [1.807, 2.05) is 13.0 Å². The van der Waals surface area contributed by atoms with Gasteiger partial charge in [0.1, 0.15) is 18.5 Å². The van der Waals surface area contributed by atoms with Crippen molar-refractivity contribution in [2.24, 2.45) is 5.92 Å². The fourth-order valence-corrected chi connectivity index (χ4v) is 2.68. The Labute approximate surface area is 164 Å². The lowest BCUT2D eigenvalue weighted by Crippen LogP contribution is -2.22. The van der Waals surface area contributed by atoms with Crippen LogP contribution in [-0.4, -0.2) is 36.1 Å². The highest BCUT2D eigenvalue weighted by Gasteiger charge is 2.23. The van der Waals surface area contributed by atoms with Crippen LogP contribution in [-0.2, 0) is 4.74 Å². The van der Waals surface area contributed by atoms with E-state index < -0.39 is 12.2 Å². The van der Waals surface area contributed by atoms with Crippen LogP contribution in [0.2, 0.25) is 0 Å². The van der Waals surface area contributed by atoms with Crippen molar-refractivity contribution in [2.75, 3.05) is 25.1 Å². The molecule has 2 atom stereocenters. The molecule has 0 radical (unpaired) electrons. The van der Waals surface area contributed by atoms with E-state index in [9.17, 15) is 9.90 Å². The topological polar surface area (TPSA) is 112 Å². The van der Waals surface area contributed by atoms with Crippen molar-refractivity contribution in [3.63, 3.8) is 0 Å². The summed E-state index contributed by atoms with van der Waals surface area (Å²) in [4.78, 5) is 12.4. The van der Waals surface area contributed by atoms with E-state index in [2.05, 4.69) is 5.32 Å². The maximum atomic E-state index is 12.4. The second-order valence-corrected chi connectivity index (χ2v) is 6.27. The van der Waals surface area contributed by atoms with Crippen molar-refractivity contribution in [2.45, 2.75) is 19.4 Å². The highest BCUT2D eigenvalue weighted by molar-refractivity contribution is 5.84. The van der Waals surface area contributed by atoms with Gasteiger partial charge in [0.2, 0.25) is 0 Å². The fraction of sp³-hybridized carbons (Fsp3) is 0.333. The standard InChI is InChI=1S/C21H24N2O5/c1-15(10-11-24)20(17-4-8-19(9-5-17)27-13-12-25)28-21(26)23-18-6-2-16(14-22)3-7-18/h2-9,15,20,24-25H,10-13H2,1H3,(H,23,26)/t15-,20-/m1/s1. The van der Waals surface area contributed by atoms with E-state index in [-0.39, 0.29) is 25.7 Å². The first-order valence-corrected chi connectivity index (χ1v) is 8.99. The molecule has 0 unspecified atom stereocenters. The van der Waals surface area contributed by atoms with E-state index in [1.165, 1.54) is 0 Å². The number of carbonyl (C=O) groups is 1. The number of ether oxygens (including phenoxy) is 2. The van der Waals surface area contributed by atoms with E-state index >= 15 is 0 Å². The Morgan fingerprint density at radius 3 is 2.36 bits per heavy atom. The van der Waals surface area contributed by atoms with E-state index in [4.69, 9.17) is 19.8 Å². The van der Waals surface area contributed by atoms with Crippen LogP contribution in [0.3, 0.4) is 0 Å². The molecular formula is C21H24N2O5. The van der Waals surface area contributed by atoms with E-state index in [1.54, 1.807) is 48.5 Å². The van der Waals surface area contributed by atoms with Gasteiger partial charge >= 0.3 is 6.09 Å². The summed E-state index contributed by atoms with van der Waals surface area (Å²) in [5, 5.41) is 29.6. The van der Waals surface area contributed by atoms with Crippen LogP contribution in [0.5, 0.6) is 5.75 Å². The Bertz CT molecular complexity index is 784. The summed E-state index contributed by atoms with van der Waals surface area (Å²) in [6, 6.07) is 15.5. The van der Waals surface area contributed by atoms with E-state index in [0.29, 0.717) is 23.4 Å². The van der Waals surface area contributed by atoms with Crippen LogP contribution in [0.25, 0.3) is 0 Å². The second kappa shape index (κ2) is 10.9. The Balaban J connectivity index is 2.09. The molecule has 2 rings (SSSR count). The normalized spacial score (nSPS) is 12.5. The van der Waals surface area contributed by atoms with Gasteiger partial charge in [-0.15, -0.1) is 0 Å². The molecule has 7 heteroatoms. The molecule has 7 nitrogen and oxygen atoms in total. The summed E-state index contributed by atoms with van der Waals surface area (Å²) in [5.74, 6) is 0.495. The number of benzene rings is 2. The molecule has 0 bridgehead atoms. The zero-order valence-electron chi connectivity index (χ0n) is 15.7. The van der Waals surface area contributed by atoms with Crippen LogP contribution in [0.15, 0.2) is 48.5 Å². The van der Waals surface area contributed by atoms with Crippen molar-refractivity contribution < 1.29 is 24.5 Å². The van der Waals surface area contributed by atoms with Gasteiger partial charge in [0.05, 0.1) is 18.2 Å². The number of hydrogen-bond acceptors (Lipinski definition) is 6. The van der Waals surface area contributed by atoms with Gasteiger partial charge in [0.25, 0.3) is 0 Å². The summed E-state index contributed by atoms with van der Waals surface area (Å²) in [7, 11) is 0. The minimum absolute atomic E-state index is 0.0179. The zero-order chi connectivity index (χ0) is 20.4. The van der Waals surface area contributed by atoms with Gasteiger partial charge in [-0.05, 0) is 54.3 Å². The molecule has 1 amide bonds. The van der Waals surface area contributed by atoms with E-state index in [0.717, 1.165) is 5.56 Å². The van der Waals surface area contributed by atoms with Crippen LogP contribution in [0.1, 0.15) is 30.6 Å². The van der Waals surface area contributed by atoms with Gasteiger partial charge in [-0.1, -0.05) is 19.1 Å². The molecule has 28 heavy (non-hydrogen) atoms. The molecule has 3 N–H and O–H groups in total. The van der Waals surface area contributed by atoms with Crippen molar-refractivity contribution in [3.05, 3.63) is 59.7 Å². The number of nitrogens with zero attached hydrogens (tertiary/aromatic N) is 1. The summed E-state index contributed by atoms with van der Waals surface area (Å²) in [6.07, 6.45) is -0.713. The highest BCUT2D eigenvalue weighted by Crippen LogP contribution is 2.30. The quantitative estimate of drug-likeness (QED) is 0.612. The number of carbonyl (C=O) groups excluding carboxylic acids is 1. The smallest absolute Gasteiger partial charge is 0.412 e. The molecule has 0 aromatic heterocycles. The monoisotopic (exact) mass is 384 g/mol. The van der Waals surface area contributed by atoms with Crippen LogP contribution in [0, 0.1) is 17.2 Å². The van der Waals surface area contributed by atoms with Crippen molar-refractivity contribution >= 4 is 11.8 Å². The molecule has 0 spiro atoms. The largest absolute Gasteiger partial charge is 0.491 e. The van der Waals surface area contributed by atoms with Crippen molar-refractivity contribution in [3.8, 4) is 11.8 Å². The van der Waals surface area contributed by atoms with Crippen molar-refractivity contribution in [1.82, 2.24) is 0 Å². The number of nitriles is 1. The summed E-state index contributed by atoms with van der Waals surface area (Å²) in [6.45, 7) is 2.01. The maximum Gasteiger partial charge on any atom is 0.412 e. The molecule has 0 aliphatic rings. The minimum atomic E-state index is -0.625. The number of anilines is 1. The third-order valence-corrected chi connectivity index (χ3v) is 4.16. The number of aliphatic hydroxyl groups is 2. The lowest BCUT2D eigenvalue weighted by molar-refractivity contribution is 0.0667. The third kappa shape index (κ3) is 6.27. The Morgan fingerprint density at radius 2 is 1.79 bits per heavy atom. The molecular weight excluding hydrogens is 360 g/mol. The summed E-state index contributed by atoms with van der Waals surface area (Å²) in [5.41, 5.74) is 1.79. The minimum Gasteiger partial charge on any atom is -0.491 e. The fourth-order valence-electron chi connectivity index (χ4n) is 2.68. The molecule has 2 aromatic rings. The first-order chi connectivity index (χ1) is 13.6. The average Bonchev–Trinajstić information content (AvgIpc) is 2.71. The molecule has 0 aliphatic heterocycles. The molecule has 0 saturated carbocycles. The molecule has 2 aromatic carbocycles. The van der Waals surface area contributed by atoms with Gasteiger partial charge < -0.3 is 19.7 Å². The Hall–Kier alpha value is -3.08. The first kappa shape index (κ1) is 21.2. The SMILES string of the molecule is C[C@H](CCO)[C@@H](OC(=O)Nc1ccc(C#N)cc1)c1ccc(OCCO)cc1. The van der Waals surface area contributed by atoms with Gasteiger partial charge in [-0.25, -0.2) is 4.79 Å². The van der Waals surface area contributed by atoms with Crippen molar-refractivity contribution in [1.29, 1.82) is 5.26 Å².